The fourth-order valence-corrected chi connectivity index (χ4v) is 3.95. The number of hydrogen-bond acceptors (Lipinski definition) is 4. The monoisotopic (exact) mass is 352 g/mol. The molecule has 0 unspecified atom stereocenters. The van der Waals surface area contributed by atoms with Crippen LogP contribution in [0, 0.1) is 6.92 Å². The highest BCUT2D eigenvalue weighted by atomic mass is 16.5. The van der Waals surface area contributed by atoms with Crippen molar-refractivity contribution in [1.29, 1.82) is 0 Å². The van der Waals surface area contributed by atoms with E-state index in [1.165, 1.54) is 5.56 Å². The van der Waals surface area contributed by atoms with Crippen LogP contribution in [0.4, 0.5) is 0 Å². The second kappa shape index (κ2) is 6.63. The highest BCUT2D eigenvalue weighted by Crippen LogP contribution is 2.39. The van der Waals surface area contributed by atoms with Gasteiger partial charge in [0.1, 0.15) is 16.9 Å². The minimum atomic E-state index is -0.138. The number of fused-ring (bicyclic) bond motifs is 1. The van der Waals surface area contributed by atoms with Gasteiger partial charge in [-0.3, -0.25) is 4.79 Å². The topological polar surface area (TPSA) is 51.7 Å². The predicted octanol–water partition coefficient (Wildman–Crippen LogP) is 3.40. The summed E-state index contributed by atoms with van der Waals surface area (Å²) in [5.41, 5.74) is 2.52. The van der Waals surface area contributed by atoms with Crippen LogP contribution >= 0.6 is 0 Å². The minimum absolute atomic E-state index is 0.0135. The third-order valence-electron chi connectivity index (χ3n) is 5.53. The lowest BCUT2D eigenvalue weighted by Crippen LogP contribution is -2.51. The van der Waals surface area contributed by atoms with Crippen molar-refractivity contribution >= 4 is 5.91 Å². The molecule has 0 bridgehead atoms. The van der Waals surface area contributed by atoms with Crippen LogP contribution in [-0.2, 0) is 6.42 Å². The number of para-hydroxylation sites is 1. The summed E-state index contributed by atoms with van der Waals surface area (Å²) in [7, 11) is 1.55. The number of rotatable bonds is 2. The molecule has 136 valence electrons. The van der Waals surface area contributed by atoms with Crippen LogP contribution in [0.3, 0.4) is 0 Å². The molecule has 1 aromatic carbocycles. The Labute approximate surface area is 153 Å². The van der Waals surface area contributed by atoms with Gasteiger partial charge in [-0.25, -0.2) is 4.98 Å². The average molecular weight is 352 g/mol. The molecule has 1 spiro atoms. The molecule has 1 fully saturated rings. The Morgan fingerprint density at radius 2 is 1.92 bits per heavy atom. The summed E-state index contributed by atoms with van der Waals surface area (Å²) in [6.07, 6.45) is 3.77. The van der Waals surface area contributed by atoms with Crippen LogP contribution in [0.25, 0.3) is 0 Å². The van der Waals surface area contributed by atoms with Crippen molar-refractivity contribution in [2.75, 3.05) is 20.2 Å². The van der Waals surface area contributed by atoms with Gasteiger partial charge in [0, 0.05) is 31.6 Å². The number of aryl methyl sites for hydroxylation is 2. The maximum atomic E-state index is 12.9. The highest BCUT2D eigenvalue weighted by molar-refractivity contribution is 5.96. The number of aromatic nitrogens is 1. The molecule has 0 radical (unpaired) electrons. The Morgan fingerprint density at radius 1 is 1.15 bits per heavy atom. The second-order valence-electron chi connectivity index (χ2n) is 7.19. The lowest BCUT2D eigenvalue weighted by molar-refractivity contribution is -0.0107. The smallest absolute Gasteiger partial charge is 0.259 e. The van der Waals surface area contributed by atoms with Gasteiger partial charge in [-0.05, 0) is 43.5 Å². The number of amides is 1. The number of piperidine rings is 1. The Bertz CT molecular complexity index is 826. The molecule has 5 nitrogen and oxygen atoms in total. The number of ether oxygens (including phenoxy) is 2. The number of likely N-dealkylation sites (tertiary alicyclic amines) is 1. The summed E-state index contributed by atoms with van der Waals surface area (Å²) in [6.45, 7) is 3.27. The normalized spacial score (nSPS) is 18.2. The summed E-state index contributed by atoms with van der Waals surface area (Å²) >= 11 is 0. The zero-order valence-corrected chi connectivity index (χ0v) is 15.3. The van der Waals surface area contributed by atoms with Crippen LogP contribution in [0.5, 0.6) is 11.6 Å². The van der Waals surface area contributed by atoms with Gasteiger partial charge < -0.3 is 14.4 Å². The van der Waals surface area contributed by atoms with E-state index in [0.29, 0.717) is 24.5 Å². The number of nitrogens with zero attached hydrogens (tertiary/aromatic N) is 2. The highest BCUT2D eigenvalue weighted by Gasteiger charge is 2.40. The third kappa shape index (κ3) is 3.02. The molecular weight excluding hydrogens is 328 g/mol. The zero-order valence-electron chi connectivity index (χ0n) is 15.3. The summed E-state index contributed by atoms with van der Waals surface area (Å²) < 4.78 is 11.7. The molecule has 1 amide bonds. The summed E-state index contributed by atoms with van der Waals surface area (Å²) in [4.78, 5) is 19.1. The molecule has 1 saturated heterocycles. The van der Waals surface area contributed by atoms with Crippen LogP contribution in [-0.4, -0.2) is 41.6 Å². The van der Waals surface area contributed by atoms with Gasteiger partial charge in [0.2, 0.25) is 5.88 Å². The van der Waals surface area contributed by atoms with Crippen molar-refractivity contribution in [2.24, 2.45) is 0 Å². The molecule has 2 aliphatic rings. The van der Waals surface area contributed by atoms with E-state index < -0.39 is 0 Å². The summed E-state index contributed by atoms with van der Waals surface area (Å²) in [5.74, 6) is 1.39. The van der Waals surface area contributed by atoms with E-state index in [1.54, 1.807) is 13.2 Å². The van der Waals surface area contributed by atoms with Gasteiger partial charge in [-0.2, -0.15) is 0 Å². The molecule has 26 heavy (non-hydrogen) atoms. The maximum Gasteiger partial charge on any atom is 0.259 e. The lowest BCUT2D eigenvalue weighted by atomic mass is 9.83. The van der Waals surface area contributed by atoms with Crippen molar-refractivity contribution in [3.8, 4) is 11.6 Å². The SMILES string of the molecule is COc1nc(C)ccc1C(=O)N1CCC2(CCc3ccccc3O2)CC1. The quantitative estimate of drug-likeness (QED) is 0.831. The first kappa shape index (κ1) is 16.9. The van der Waals surface area contributed by atoms with E-state index in [1.807, 2.05) is 24.0 Å². The molecule has 4 rings (SSSR count). The van der Waals surface area contributed by atoms with Gasteiger partial charge >= 0.3 is 0 Å². The van der Waals surface area contributed by atoms with Gasteiger partial charge in [-0.15, -0.1) is 0 Å². The first-order valence-electron chi connectivity index (χ1n) is 9.18. The number of hydrogen-bond donors (Lipinski definition) is 0. The number of methoxy groups -OCH3 is 1. The lowest BCUT2D eigenvalue weighted by Gasteiger charge is -2.44. The third-order valence-corrected chi connectivity index (χ3v) is 5.53. The Kier molecular flexibility index (Phi) is 4.31. The number of pyridine rings is 1. The number of benzene rings is 1. The van der Waals surface area contributed by atoms with Gasteiger partial charge in [0.25, 0.3) is 5.91 Å². The predicted molar refractivity (Wildman–Crippen MR) is 98.8 cm³/mol. The second-order valence-corrected chi connectivity index (χ2v) is 7.19. The van der Waals surface area contributed by atoms with Crippen molar-refractivity contribution in [3.05, 3.63) is 53.2 Å². The fraction of sp³-hybridized carbons (Fsp3) is 0.429. The van der Waals surface area contributed by atoms with Crippen LogP contribution in [0.15, 0.2) is 36.4 Å². The molecule has 0 aliphatic carbocycles. The van der Waals surface area contributed by atoms with E-state index in [9.17, 15) is 4.79 Å². The van der Waals surface area contributed by atoms with Crippen molar-refractivity contribution in [2.45, 2.75) is 38.2 Å². The molecule has 5 heteroatoms. The van der Waals surface area contributed by atoms with E-state index in [-0.39, 0.29) is 11.5 Å². The Balaban J connectivity index is 1.47. The molecule has 0 N–H and O–H groups in total. The number of carbonyl (C=O) groups excluding carboxylic acids is 1. The Morgan fingerprint density at radius 3 is 2.69 bits per heavy atom. The van der Waals surface area contributed by atoms with E-state index in [0.717, 1.165) is 37.1 Å². The maximum absolute atomic E-state index is 12.9. The molecular formula is C21H24N2O3. The largest absolute Gasteiger partial charge is 0.487 e. The van der Waals surface area contributed by atoms with E-state index in [2.05, 4.69) is 23.2 Å². The molecule has 2 aliphatic heterocycles. The fourth-order valence-electron chi connectivity index (χ4n) is 3.95. The molecule has 0 atom stereocenters. The Hall–Kier alpha value is -2.56. The first-order valence-corrected chi connectivity index (χ1v) is 9.18. The van der Waals surface area contributed by atoms with Crippen molar-refractivity contribution in [1.82, 2.24) is 9.88 Å². The zero-order chi connectivity index (χ0) is 18.1. The van der Waals surface area contributed by atoms with Crippen LogP contribution < -0.4 is 9.47 Å². The average Bonchev–Trinajstić information content (AvgIpc) is 2.68. The molecule has 3 heterocycles. The summed E-state index contributed by atoms with van der Waals surface area (Å²) in [6, 6.07) is 11.9. The first-order chi connectivity index (χ1) is 12.6. The number of carbonyl (C=O) groups is 1. The molecule has 2 aromatic rings. The van der Waals surface area contributed by atoms with Crippen molar-refractivity contribution < 1.29 is 14.3 Å². The molecule has 0 saturated carbocycles. The molecule has 1 aromatic heterocycles. The van der Waals surface area contributed by atoms with Gasteiger partial charge in [-0.1, -0.05) is 18.2 Å². The summed E-state index contributed by atoms with van der Waals surface area (Å²) in [5, 5.41) is 0. The van der Waals surface area contributed by atoms with Crippen LogP contribution in [0.1, 0.15) is 40.9 Å². The van der Waals surface area contributed by atoms with E-state index >= 15 is 0 Å². The standard InChI is InChI=1S/C21H24N2O3/c1-15-7-8-17(19(22-15)25-2)20(24)23-13-11-21(12-14-23)10-9-16-5-3-4-6-18(16)26-21/h3-8H,9-14H2,1-2H3. The van der Waals surface area contributed by atoms with E-state index in [4.69, 9.17) is 9.47 Å². The van der Waals surface area contributed by atoms with Gasteiger partial charge in [0.05, 0.1) is 7.11 Å². The minimum Gasteiger partial charge on any atom is -0.487 e. The van der Waals surface area contributed by atoms with Crippen molar-refractivity contribution in [3.63, 3.8) is 0 Å². The van der Waals surface area contributed by atoms with Crippen LogP contribution in [0.2, 0.25) is 0 Å². The van der Waals surface area contributed by atoms with Gasteiger partial charge in [0.15, 0.2) is 0 Å².